The summed E-state index contributed by atoms with van der Waals surface area (Å²) >= 11 is 0. The first kappa shape index (κ1) is 20.1. The molecule has 0 radical (unpaired) electrons. The summed E-state index contributed by atoms with van der Waals surface area (Å²) in [5.41, 5.74) is 0.815. The second-order valence-corrected chi connectivity index (χ2v) is 7.70. The Morgan fingerprint density at radius 2 is 2.07 bits per heavy atom. The molecule has 8 nitrogen and oxygen atoms in total. The number of aliphatic imine (C=N–C) groups is 1. The largest absolute Gasteiger partial charge is 0.366 e. The number of nitro groups is 1. The van der Waals surface area contributed by atoms with Crippen LogP contribution in [-0.4, -0.2) is 41.4 Å². The van der Waals surface area contributed by atoms with Crippen molar-refractivity contribution >= 4 is 34.5 Å². The lowest BCUT2D eigenvalue weighted by Crippen LogP contribution is -2.37. The Morgan fingerprint density at radius 1 is 1.23 bits per heavy atom. The van der Waals surface area contributed by atoms with Gasteiger partial charge >= 0.3 is 5.69 Å². The number of anilines is 4. The minimum atomic E-state index is -0.496. The van der Waals surface area contributed by atoms with E-state index in [1.54, 1.807) is 18.2 Å². The number of amidine groups is 1. The number of hydrogen-bond donors (Lipinski definition) is 1. The van der Waals surface area contributed by atoms with Gasteiger partial charge in [0.15, 0.2) is 0 Å². The quantitative estimate of drug-likeness (QED) is 0.575. The zero-order valence-corrected chi connectivity index (χ0v) is 17.1. The van der Waals surface area contributed by atoms with E-state index in [4.69, 9.17) is 0 Å². The molecule has 1 saturated heterocycles. The SMILES string of the molecule is CC1=NCCN1c1ccc([N+](=O)[O-])c(Nc2ccc(N3CCCCC3C)c(F)c2)n1. The molecule has 9 heteroatoms. The van der Waals surface area contributed by atoms with Crippen LogP contribution in [0.1, 0.15) is 33.1 Å². The molecule has 1 N–H and O–H groups in total. The van der Waals surface area contributed by atoms with Crippen molar-refractivity contribution < 1.29 is 9.31 Å². The number of benzene rings is 1. The van der Waals surface area contributed by atoms with Crippen LogP contribution in [-0.2, 0) is 0 Å². The van der Waals surface area contributed by atoms with Gasteiger partial charge < -0.3 is 15.1 Å². The Bertz CT molecular complexity index is 995. The molecule has 1 fully saturated rings. The summed E-state index contributed by atoms with van der Waals surface area (Å²) in [4.78, 5) is 23.7. The van der Waals surface area contributed by atoms with Crippen LogP contribution in [0, 0.1) is 15.9 Å². The fourth-order valence-electron chi connectivity index (χ4n) is 4.08. The van der Waals surface area contributed by atoms with E-state index in [-0.39, 0.29) is 23.4 Å². The van der Waals surface area contributed by atoms with Gasteiger partial charge in [-0.3, -0.25) is 15.1 Å². The summed E-state index contributed by atoms with van der Waals surface area (Å²) in [5.74, 6) is 1.11. The zero-order valence-electron chi connectivity index (χ0n) is 17.1. The maximum absolute atomic E-state index is 14.9. The van der Waals surface area contributed by atoms with Gasteiger partial charge in [-0.05, 0) is 57.4 Å². The van der Waals surface area contributed by atoms with Crippen molar-refractivity contribution in [3.05, 3.63) is 46.3 Å². The number of halogens is 1. The Kier molecular flexibility index (Phi) is 5.52. The highest BCUT2D eigenvalue weighted by molar-refractivity contribution is 5.97. The van der Waals surface area contributed by atoms with Gasteiger partial charge in [0, 0.05) is 30.9 Å². The summed E-state index contributed by atoms with van der Waals surface area (Å²) in [6.07, 6.45) is 3.25. The normalized spacial score (nSPS) is 19.0. The third kappa shape index (κ3) is 3.92. The minimum absolute atomic E-state index is 0.0793. The molecule has 4 rings (SSSR count). The van der Waals surface area contributed by atoms with E-state index in [1.807, 2.05) is 11.8 Å². The summed E-state index contributed by atoms with van der Waals surface area (Å²) in [6, 6.07) is 8.15. The van der Waals surface area contributed by atoms with E-state index in [0.717, 1.165) is 31.6 Å². The lowest BCUT2D eigenvalue weighted by Gasteiger charge is -2.35. The highest BCUT2D eigenvalue weighted by Crippen LogP contribution is 2.32. The highest BCUT2D eigenvalue weighted by atomic mass is 19.1. The molecule has 30 heavy (non-hydrogen) atoms. The molecule has 1 aromatic heterocycles. The molecule has 0 bridgehead atoms. The minimum Gasteiger partial charge on any atom is -0.366 e. The number of pyridine rings is 1. The van der Waals surface area contributed by atoms with Gasteiger partial charge in [0.1, 0.15) is 17.5 Å². The van der Waals surface area contributed by atoms with E-state index < -0.39 is 4.92 Å². The van der Waals surface area contributed by atoms with Crippen molar-refractivity contribution in [1.29, 1.82) is 0 Å². The highest BCUT2D eigenvalue weighted by Gasteiger charge is 2.23. The van der Waals surface area contributed by atoms with E-state index in [2.05, 4.69) is 27.1 Å². The van der Waals surface area contributed by atoms with E-state index in [0.29, 0.717) is 30.3 Å². The number of aromatic nitrogens is 1. The molecule has 0 aliphatic carbocycles. The van der Waals surface area contributed by atoms with Gasteiger partial charge in [0.2, 0.25) is 5.82 Å². The molecule has 3 heterocycles. The van der Waals surface area contributed by atoms with Crippen LogP contribution >= 0.6 is 0 Å². The first-order valence-corrected chi connectivity index (χ1v) is 10.2. The molecule has 0 saturated carbocycles. The summed E-state index contributed by atoms with van der Waals surface area (Å²) in [6.45, 7) is 6.14. The first-order valence-electron chi connectivity index (χ1n) is 10.2. The molecule has 1 aromatic carbocycles. The Morgan fingerprint density at radius 3 is 2.73 bits per heavy atom. The van der Waals surface area contributed by atoms with Crippen LogP contribution in [0.3, 0.4) is 0 Å². The topological polar surface area (TPSA) is 86.9 Å². The van der Waals surface area contributed by atoms with E-state index in [1.165, 1.54) is 12.1 Å². The summed E-state index contributed by atoms with van der Waals surface area (Å²) in [7, 11) is 0. The molecular formula is C21H25FN6O2. The Labute approximate surface area is 174 Å². The number of rotatable bonds is 5. The smallest absolute Gasteiger partial charge is 0.311 e. The van der Waals surface area contributed by atoms with Crippen LogP contribution in [0.25, 0.3) is 0 Å². The molecule has 1 unspecified atom stereocenters. The maximum Gasteiger partial charge on any atom is 0.311 e. The molecule has 1 atom stereocenters. The average Bonchev–Trinajstić information content (AvgIpc) is 3.14. The predicted octanol–water partition coefficient (Wildman–Crippen LogP) is 4.49. The Hall–Kier alpha value is -3.23. The maximum atomic E-state index is 14.9. The Balaban J connectivity index is 1.62. The molecular weight excluding hydrogens is 387 g/mol. The van der Waals surface area contributed by atoms with Crippen molar-refractivity contribution in [1.82, 2.24) is 4.98 Å². The third-order valence-electron chi connectivity index (χ3n) is 5.71. The lowest BCUT2D eigenvalue weighted by atomic mass is 10.0. The van der Waals surface area contributed by atoms with Crippen LogP contribution in [0.4, 0.5) is 33.1 Å². The van der Waals surface area contributed by atoms with E-state index >= 15 is 0 Å². The van der Waals surface area contributed by atoms with Crippen LogP contribution in [0.2, 0.25) is 0 Å². The number of nitrogens with one attached hydrogen (secondary N) is 1. The van der Waals surface area contributed by atoms with Crippen LogP contribution < -0.4 is 15.1 Å². The molecule has 0 spiro atoms. The monoisotopic (exact) mass is 412 g/mol. The van der Waals surface area contributed by atoms with Gasteiger partial charge in [-0.15, -0.1) is 0 Å². The fraction of sp³-hybridized carbons (Fsp3) is 0.429. The molecule has 158 valence electrons. The van der Waals surface area contributed by atoms with Crippen molar-refractivity contribution in [2.24, 2.45) is 4.99 Å². The van der Waals surface area contributed by atoms with Gasteiger partial charge in [0.05, 0.1) is 17.2 Å². The van der Waals surface area contributed by atoms with Gasteiger partial charge in [0.25, 0.3) is 0 Å². The van der Waals surface area contributed by atoms with Crippen molar-refractivity contribution in [3.8, 4) is 0 Å². The second kappa shape index (κ2) is 8.25. The van der Waals surface area contributed by atoms with Crippen LogP contribution in [0.15, 0.2) is 35.3 Å². The van der Waals surface area contributed by atoms with Gasteiger partial charge in [-0.1, -0.05) is 0 Å². The second-order valence-electron chi connectivity index (χ2n) is 7.70. The molecule has 2 aliphatic rings. The first-order chi connectivity index (χ1) is 14.4. The third-order valence-corrected chi connectivity index (χ3v) is 5.71. The van der Waals surface area contributed by atoms with Crippen molar-refractivity contribution in [2.75, 3.05) is 34.8 Å². The van der Waals surface area contributed by atoms with Crippen molar-refractivity contribution in [2.45, 2.75) is 39.2 Å². The fourth-order valence-corrected chi connectivity index (χ4v) is 4.08. The van der Waals surface area contributed by atoms with E-state index in [9.17, 15) is 14.5 Å². The zero-order chi connectivity index (χ0) is 21.3. The standard InChI is InChI=1S/C21H25FN6O2/c1-14-5-3-4-11-26(14)18-7-6-16(13-17(18)22)24-21-19(28(29)30)8-9-20(25-21)27-12-10-23-15(27)2/h6-9,13-14H,3-5,10-12H2,1-2H3,(H,24,25). The number of nitrogens with zero attached hydrogens (tertiary/aromatic N) is 5. The van der Waals surface area contributed by atoms with Gasteiger partial charge in [-0.25, -0.2) is 9.37 Å². The molecule has 2 aromatic rings. The molecule has 0 amide bonds. The summed E-state index contributed by atoms with van der Waals surface area (Å²) in [5, 5.41) is 14.4. The predicted molar refractivity (Wildman–Crippen MR) is 117 cm³/mol. The van der Waals surface area contributed by atoms with Crippen LogP contribution in [0.5, 0.6) is 0 Å². The average molecular weight is 412 g/mol. The summed E-state index contributed by atoms with van der Waals surface area (Å²) < 4.78 is 14.9. The molecule has 2 aliphatic heterocycles. The lowest BCUT2D eigenvalue weighted by molar-refractivity contribution is -0.384. The van der Waals surface area contributed by atoms with Crippen molar-refractivity contribution in [3.63, 3.8) is 0 Å². The number of piperidine rings is 1. The number of hydrogen-bond acceptors (Lipinski definition) is 7. The van der Waals surface area contributed by atoms with Gasteiger partial charge in [-0.2, -0.15) is 0 Å².